The Morgan fingerprint density at radius 1 is 1.06 bits per heavy atom. The van der Waals surface area contributed by atoms with Crippen LogP contribution in [0, 0.1) is 11.8 Å². The minimum Gasteiger partial charge on any atom is -0.317 e. The summed E-state index contributed by atoms with van der Waals surface area (Å²) in [4.78, 5) is 6.85. The summed E-state index contributed by atoms with van der Waals surface area (Å²) in [5, 5.41) is 4.59. The number of hydrogen-bond donors (Lipinski definition) is 0. The molecule has 4 rings (SSSR count). The van der Waals surface area contributed by atoms with Gasteiger partial charge in [-0.3, -0.25) is 9.58 Å². The van der Waals surface area contributed by atoms with Crippen molar-refractivity contribution in [1.82, 2.24) is 24.2 Å². The lowest BCUT2D eigenvalue weighted by molar-refractivity contribution is 0.195. The van der Waals surface area contributed by atoms with Crippen molar-refractivity contribution in [2.45, 2.75) is 89.6 Å². The number of nitrogens with zero attached hydrogens (tertiary/aromatic N) is 5. The Kier molecular flexibility index (Phi) is 6.86. The average Bonchev–Trinajstić information content (AvgIpc) is 3.28. The summed E-state index contributed by atoms with van der Waals surface area (Å²) in [5.74, 6) is 1.12. The predicted octanol–water partition coefficient (Wildman–Crippen LogP) is 3.79. The minimum atomic E-state index is -3.35. The van der Waals surface area contributed by atoms with E-state index < -0.39 is 9.84 Å². The molecule has 2 aliphatic rings. The van der Waals surface area contributed by atoms with Gasteiger partial charge in [0, 0.05) is 44.5 Å². The second-order valence-electron chi connectivity index (χ2n) is 9.89. The van der Waals surface area contributed by atoms with Gasteiger partial charge in [-0.25, -0.2) is 13.4 Å². The van der Waals surface area contributed by atoms with Crippen LogP contribution in [0.3, 0.4) is 0 Å². The lowest BCUT2D eigenvalue weighted by Gasteiger charge is -2.28. The van der Waals surface area contributed by atoms with Gasteiger partial charge in [-0.05, 0) is 51.4 Å². The Morgan fingerprint density at radius 3 is 2.42 bits per heavy atom. The van der Waals surface area contributed by atoms with Gasteiger partial charge in [0.25, 0.3) is 0 Å². The van der Waals surface area contributed by atoms with Crippen molar-refractivity contribution in [3.63, 3.8) is 0 Å². The van der Waals surface area contributed by atoms with Crippen LogP contribution in [0.1, 0.15) is 70.1 Å². The van der Waals surface area contributed by atoms with Crippen molar-refractivity contribution < 1.29 is 8.42 Å². The van der Waals surface area contributed by atoms with Gasteiger partial charge >= 0.3 is 0 Å². The summed E-state index contributed by atoms with van der Waals surface area (Å²) in [6.45, 7) is 6.61. The van der Waals surface area contributed by atoms with E-state index in [1.165, 1.54) is 32.1 Å². The molecule has 2 aromatic rings. The van der Waals surface area contributed by atoms with E-state index in [4.69, 9.17) is 0 Å². The van der Waals surface area contributed by atoms with Gasteiger partial charge in [-0.1, -0.05) is 19.3 Å². The molecule has 8 heteroatoms. The first-order valence-corrected chi connectivity index (χ1v) is 13.5. The Balaban J connectivity index is 1.59. The number of hydrogen-bond acceptors (Lipinski definition) is 5. The Labute approximate surface area is 186 Å². The number of sulfone groups is 1. The van der Waals surface area contributed by atoms with Gasteiger partial charge in [0.2, 0.25) is 15.0 Å². The molecule has 0 amide bonds. The third-order valence-electron chi connectivity index (χ3n) is 6.74. The summed E-state index contributed by atoms with van der Waals surface area (Å²) in [7, 11) is -1.42. The van der Waals surface area contributed by atoms with Gasteiger partial charge < -0.3 is 4.57 Å². The van der Waals surface area contributed by atoms with E-state index in [2.05, 4.69) is 28.8 Å². The largest absolute Gasteiger partial charge is 0.317 e. The van der Waals surface area contributed by atoms with Gasteiger partial charge in [0.15, 0.2) is 0 Å². The molecule has 0 aromatic carbocycles. The van der Waals surface area contributed by atoms with E-state index in [0.717, 1.165) is 37.2 Å². The molecule has 0 bridgehead atoms. The monoisotopic (exact) mass is 447 g/mol. The summed E-state index contributed by atoms with van der Waals surface area (Å²) < 4.78 is 30.2. The first kappa shape index (κ1) is 22.5. The smallest absolute Gasteiger partial charge is 0.227 e. The highest BCUT2D eigenvalue weighted by molar-refractivity contribution is 7.91. The molecule has 0 spiro atoms. The maximum absolute atomic E-state index is 13.2. The van der Waals surface area contributed by atoms with E-state index in [1.54, 1.807) is 6.20 Å². The number of rotatable bonds is 10. The SMILES string of the molecule is CC(C)N(Cc1cnn(C)c1)Cc1cnc(S(=O)(=O)CC2CC2)n1CC1CCCCC1. The van der Waals surface area contributed by atoms with Crippen LogP contribution in [0.5, 0.6) is 0 Å². The second kappa shape index (κ2) is 9.45. The maximum atomic E-state index is 13.2. The summed E-state index contributed by atoms with van der Waals surface area (Å²) in [6.07, 6.45) is 14.0. The van der Waals surface area contributed by atoms with Crippen LogP contribution in [0.15, 0.2) is 23.7 Å². The Morgan fingerprint density at radius 2 is 1.81 bits per heavy atom. The number of aromatic nitrogens is 4. The maximum Gasteiger partial charge on any atom is 0.227 e. The molecular formula is C23H37N5O2S. The fraction of sp³-hybridized carbons (Fsp3) is 0.739. The third kappa shape index (κ3) is 5.77. The van der Waals surface area contributed by atoms with Crippen molar-refractivity contribution >= 4 is 9.84 Å². The van der Waals surface area contributed by atoms with E-state index in [-0.39, 0.29) is 5.75 Å². The van der Waals surface area contributed by atoms with Crippen LogP contribution in [-0.2, 0) is 36.5 Å². The fourth-order valence-electron chi connectivity index (χ4n) is 4.68. The van der Waals surface area contributed by atoms with Crippen LogP contribution in [0.2, 0.25) is 0 Å². The van der Waals surface area contributed by atoms with E-state index in [9.17, 15) is 8.42 Å². The molecule has 31 heavy (non-hydrogen) atoms. The van der Waals surface area contributed by atoms with Gasteiger partial charge in [-0.2, -0.15) is 5.10 Å². The number of imidazole rings is 1. The molecule has 0 N–H and O–H groups in total. The Bertz CT molecular complexity index is 968. The molecular weight excluding hydrogens is 410 g/mol. The van der Waals surface area contributed by atoms with E-state index in [0.29, 0.717) is 29.6 Å². The van der Waals surface area contributed by atoms with Crippen molar-refractivity contribution in [3.05, 3.63) is 29.8 Å². The Hall–Kier alpha value is -1.67. The molecule has 0 radical (unpaired) electrons. The van der Waals surface area contributed by atoms with Gasteiger partial charge in [-0.15, -0.1) is 0 Å². The van der Waals surface area contributed by atoms with E-state index in [1.807, 2.05) is 28.7 Å². The lowest BCUT2D eigenvalue weighted by atomic mass is 9.89. The topological polar surface area (TPSA) is 73.0 Å². The molecule has 0 aliphatic heterocycles. The van der Waals surface area contributed by atoms with Gasteiger partial charge in [0.05, 0.1) is 23.8 Å². The second-order valence-corrected chi connectivity index (χ2v) is 11.8. The molecule has 7 nitrogen and oxygen atoms in total. The molecule has 2 fully saturated rings. The quantitative estimate of drug-likeness (QED) is 0.554. The highest BCUT2D eigenvalue weighted by Gasteiger charge is 2.33. The zero-order valence-electron chi connectivity index (χ0n) is 19.2. The standard InChI is InChI=1S/C23H37N5O2S/c1-18(2)27(14-21-11-25-26(3)13-21)16-22-12-24-23(31(29,30)17-20-9-10-20)28(22)15-19-7-5-4-6-8-19/h11-13,18-20H,4-10,14-17H2,1-3H3. The van der Waals surface area contributed by atoms with Crippen LogP contribution in [-0.4, -0.2) is 44.4 Å². The summed E-state index contributed by atoms with van der Waals surface area (Å²) in [6, 6.07) is 0.324. The molecule has 2 aromatic heterocycles. The number of aryl methyl sites for hydroxylation is 1. The third-order valence-corrected chi connectivity index (χ3v) is 8.53. The predicted molar refractivity (Wildman–Crippen MR) is 121 cm³/mol. The lowest BCUT2D eigenvalue weighted by Crippen LogP contribution is -2.31. The normalized spacial score (nSPS) is 18.4. The highest BCUT2D eigenvalue weighted by atomic mass is 32.2. The van der Waals surface area contributed by atoms with Crippen LogP contribution >= 0.6 is 0 Å². The van der Waals surface area contributed by atoms with Gasteiger partial charge in [0.1, 0.15) is 0 Å². The first-order chi connectivity index (χ1) is 14.8. The molecule has 2 heterocycles. The van der Waals surface area contributed by atoms with Crippen LogP contribution in [0.4, 0.5) is 0 Å². The average molecular weight is 448 g/mol. The van der Waals surface area contributed by atoms with E-state index >= 15 is 0 Å². The molecule has 2 saturated carbocycles. The zero-order chi connectivity index (χ0) is 22.0. The molecule has 172 valence electrons. The van der Waals surface area contributed by atoms with Crippen LogP contribution in [0.25, 0.3) is 0 Å². The fourth-order valence-corrected chi connectivity index (χ4v) is 6.52. The molecule has 2 aliphatic carbocycles. The van der Waals surface area contributed by atoms with Crippen molar-refractivity contribution in [2.24, 2.45) is 18.9 Å². The highest BCUT2D eigenvalue weighted by Crippen LogP contribution is 2.33. The zero-order valence-corrected chi connectivity index (χ0v) is 20.0. The van der Waals surface area contributed by atoms with Crippen molar-refractivity contribution in [3.8, 4) is 0 Å². The minimum absolute atomic E-state index is 0.248. The van der Waals surface area contributed by atoms with Crippen LogP contribution < -0.4 is 0 Å². The summed E-state index contributed by atoms with van der Waals surface area (Å²) >= 11 is 0. The molecule has 0 unspecified atom stereocenters. The summed E-state index contributed by atoms with van der Waals surface area (Å²) in [5.41, 5.74) is 2.17. The van der Waals surface area contributed by atoms with Crippen molar-refractivity contribution in [2.75, 3.05) is 5.75 Å². The van der Waals surface area contributed by atoms with Crippen molar-refractivity contribution in [1.29, 1.82) is 0 Å². The molecule has 0 atom stereocenters. The first-order valence-electron chi connectivity index (χ1n) is 11.8. The molecule has 0 saturated heterocycles.